The van der Waals surface area contributed by atoms with Crippen molar-refractivity contribution in [3.63, 3.8) is 0 Å². The summed E-state index contributed by atoms with van der Waals surface area (Å²) in [7, 11) is 0. The number of H-pyrrole nitrogens is 2. The molecule has 2 aromatic heterocycles. The zero-order valence-electron chi connectivity index (χ0n) is 38.3. The first kappa shape index (κ1) is 47.0. The first-order valence-corrected chi connectivity index (χ1v) is 24.2. The number of anilines is 2. The lowest BCUT2D eigenvalue weighted by molar-refractivity contribution is -0.123. The van der Waals surface area contributed by atoms with E-state index in [0.29, 0.717) is 82.0 Å². The van der Waals surface area contributed by atoms with Gasteiger partial charge in [0.15, 0.2) is 0 Å². The SMILES string of the molecule is O=C(Nc1ccc2c(=O)[nH]cnc2c1)C1(c2ccc(Cl)cc2)CCNCC1.O=C(OCC1c2ccccc2-c2ccccc21)N1CCC(C(=O)Nc2ccc3c(=O)[nH]cnc3c2)(c2ccc(Cl)cc2)CC1. The average Bonchev–Trinajstić information content (AvgIpc) is 3.72. The highest BCUT2D eigenvalue weighted by atomic mass is 35.5. The minimum Gasteiger partial charge on any atom is -0.448 e. The molecule has 3 amide bonds. The molecule has 2 saturated heterocycles. The van der Waals surface area contributed by atoms with Crippen LogP contribution in [0.4, 0.5) is 16.2 Å². The van der Waals surface area contributed by atoms with E-state index in [9.17, 15) is 24.0 Å². The van der Waals surface area contributed by atoms with E-state index < -0.39 is 10.8 Å². The highest BCUT2D eigenvalue weighted by Gasteiger charge is 2.45. The predicted molar refractivity (Wildman–Crippen MR) is 276 cm³/mol. The smallest absolute Gasteiger partial charge is 0.409 e. The van der Waals surface area contributed by atoms with Gasteiger partial charge in [0.2, 0.25) is 11.8 Å². The number of nitrogens with one attached hydrogen (secondary N) is 5. The van der Waals surface area contributed by atoms with E-state index in [1.807, 2.05) is 60.7 Å². The first-order chi connectivity index (χ1) is 34.5. The summed E-state index contributed by atoms with van der Waals surface area (Å²) in [5.41, 5.74) is 6.67. The van der Waals surface area contributed by atoms with Crippen molar-refractivity contribution in [2.24, 2.45) is 0 Å². The fraction of sp³-hybridized carbons (Fsp3) is 0.218. The summed E-state index contributed by atoms with van der Waals surface area (Å²) in [6.45, 7) is 2.48. The van der Waals surface area contributed by atoms with Crippen LogP contribution in [0.2, 0.25) is 10.0 Å². The Hall–Kier alpha value is -7.65. The number of rotatable bonds is 8. The second-order valence-corrected chi connectivity index (χ2v) is 18.9. The molecule has 0 radical (unpaired) electrons. The number of hydrogen-bond acceptors (Lipinski definition) is 9. The largest absolute Gasteiger partial charge is 0.448 e. The molecule has 0 spiro atoms. The van der Waals surface area contributed by atoms with Gasteiger partial charge in [-0.3, -0.25) is 19.2 Å². The number of halogens is 2. The molecule has 8 aromatic rings. The predicted octanol–water partition coefficient (Wildman–Crippen LogP) is 9.33. The number of fused-ring (bicyclic) bond motifs is 5. The number of carbonyl (C=O) groups is 3. The summed E-state index contributed by atoms with van der Waals surface area (Å²) >= 11 is 12.2. The number of likely N-dealkylation sites (tertiary alicyclic amines) is 1. The van der Waals surface area contributed by atoms with Gasteiger partial charge in [-0.25, -0.2) is 14.8 Å². The van der Waals surface area contributed by atoms with Crippen LogP contribution in [0.5, 0.6) is 0 Å². The summed E-state index contributed by atoms with van der Waals surface area (Å²) in [5, 5.41) is 11.5. The van der Waals surface area contributed by atoms with Gasteiger partial charge < -0.3 is 35.6 Å². The molecule has 5 N–H and O–H groups in total. The molecule has 0 bridgehead atoms. The molecule has 2 aliphatic heterocycles. The Balaban J connectivity index is 0.000000184. The van der Waals surface area contributed by atoms with Gasteiger partial charge in [0, 0.05) is 40.4 Å². The summed E-state index contributed by atoms with van der Waals surface area (Å²) in [6.07, 6.45) is 4.51. The van der Waals surface area contributed by atoms with Gasteiger partial charge in [0.25, 0.3) is 11.1 Å². The van der Waals surface area contributed by atoms with Crippen molar-refractivity contribution < 1.29 is 19.1 Å². The number of carbonyl (C=O) groups excluding carboxylic acids is 3. The number of ether oxygens (including phenoxy) is 1. The van der Waals surface area contributed by atoms with E-state index >= 15 is 0 Å². The van der Waals surface area contributed by atoms with Crippen LogP contribution < -0.4 is 27.1 Å². The summed E-state index contributed by atoms with van der Waals surface area (Å²) < 4.78 is 5.91. The second-order valence-electron chi connectivity index (χ2n) is 18.1. The molecule has 71 heavy (non-hydrogen) atoms. The molecule has 0 unspecified atom stereocenters. The maximum Gasteiger partial charge on any atom is 0.409 e. The van der Waals surface area contributed by atoms with Crippen molar-refractivity contribution in [2.75, 3.05) is 43.4 Å². The maximum atomic E-state index is 14.0. The Kier molecular flexibility index (Phi) is 13.2. The molecule has 11 rings (SSSR count). The summed E-state index contributed by atoms with van der Waals surface area (Å²) in [6, 6.07) is 41.4. The van der Waals surface area contributed by atoms with Gasteiger partial charge in [-0.1, -0.05) is 96.0 Å². The van der Waals surface area contributed by atoms with Gasteiger partial charge in [-0.05, 0) is 133 Å². The van der Waals surface area contributed by atoms with Gasteiger partial charge in [0.1, 0.15) is 6.61 Å². The maximum absolute atomic E-state index is 14.0. The zero-order valence-corrected chi connectivity index (χ0v) is 39.9. The fourth-order valence-corrected chi connectivity index (χ4v) is 10.5. The van der Waals surface area contributed by atoms with Crippen molar-refractivity contribution in [3.8, 4) is 11.1 Å². The van der Waals surface area contributed by atoms with Crippen molar-refractivity contribution in [1.82, 2.24) is 30.2 Å². The summed E-state index contributed by atoms with van der Waals surface area (Å²) in [4.78, 5) is 79.8. The van der Waals surface area contributed by atoms with Crippen LogP contribution in [0.25, 0.3) is 32.9 Å². The topological polar surface area (TPSA) is 191 Å². The number of benzene rings is 6. The number of nitrogens with zero attached hydrogens (tertiary/aromatic N) is 3. The van der Waals surface area contributed by atoms with Gasteiger partial charge in [-0.2, -0.15) is 0 Å². The van der Waals surface area contributed by atoms with Gasteiger partial charge in [0.05, 0.1) is 45.3 Å². The zero-order chi connectivity index (χ0) is 49.1. The Morgan fingerprint density at radius 3 is 1.54 bits per heavy atom. The van der Waals surface area contributed by atoms with Crippen LogP contribution >= 0.6 is 23.2 Å². The quantitative estimate of drug-likeness (QED) is 0.0988. The van der Waals surface area contributed by atoms with E-state index in [2.05, 4.69) is 60.2 Å². The molecule has 0 saturated carbocycles. The normalized spacial score (nSPS) is 15.7. The highest BCUT2D eigenvalue weighted by Crippen LogP contribution is 2.45. The molecule has 358 valence electrons. The van der Waals surface area contributed by atoms with E-state index in [1.165, 1.54) is 23.8 Å². The Bertz CT molecular complexity index is 3380. The molecule has 4 heterocycles. The third-order valence-electron chi connectivity index (χ3n) is 14.1. The molecular formula is C55H48Cl2N8O6. The number of amides is 3. The molecule has 0 atom stereocenters. The standard InChI is InChI=1S/C35H29ClN4O4.C20H19ClN4O2/c36-23-11-9-22(10-12-23)35(33(42)39-24-13-14-29-31(19-24)37-21-38-32(29)41)15-17-40(18-16-35)34(43)44-20-30-27-7-3-1-5-25(27)26-6-2-4-8-28(26)30;21-14-3-1-13(2-4-14)20(7-9-22-10-8-20)19(27)25-15-5-6-16-17(11-15)23-12-24-18(16)26/h1-14,19,21,30H,15-18,20H2,(H,39,42)(H,37,38,41);1-6,11-12,22H,7-10H2,(H,25,27)(H,23,24,26). The van der Waals surface area contributed by atoms with Crippen molar-refractivity contribution >= 4 is 74.3 Å². The monoisotopic (exact) mass is 986 g/mol. The average molecular weight is 988 g/mol. The molecule has 14 nitrogen and oxygen atoms in total. The second kappa shape index (κ2) is 20.0. The Morgan fingerprint density at radius 1 is 0.606 bits per heavy atom. The van der Waals surface area contributed by atoms with Crippen LogP contribution in [0.3, 0.4) is 0 Å². The lowest BCUT2D eigenvalue weighted by atomic mass is 9.72. The van der Waals surface area contributed by atoms with E-state index in [1.54, 1.807) is 53.4 Å². The van der Waals surface area contributed by atoms with E-state index in [4.69, 9.17) is 27.9 Å². The van der Waals surface area contributed by atoms with Crippen LogP contribution in [0.15, 0.2) is 156 Å². The third-order valence-corrected chi connectivity index (χ3v) is 14.6. The number of aromatic nitrogens is 4. The Morgan fingerprint density at radius 2 is 1.06 bits per heavy atom. The fourth-order valence-electron chi connectivity index (χ4n) is 10.2. The number of aromatic amines is 2. The number of piperidine rings is 2. The third kappa shape index (κ3) is 9.41. The van der Waals surface area contributed by atoms with Crippen molar-refractivity contribution in [3.05, 3.63) is 199 Å². The summed E-state index contributed by atoms with van der Waals surface area (Å²) in [5.74, 6) is -0.284. The molecule has 1 aliphatic carbocycles. The molecule has 2 fully saturated rings. The molecule has 6 aromatic carbocycles. The minimum atomic E-state index is -0.902. The number of hydrogen-bond donors (Lipinski definition) is 5. The van der Waals surface area contributed by atoms with Gasteiger partial charge >= 0.3 is 6.09 Å². The molecule has 3 aliphatic rings. The first-order valence-electron chi connectivity index (χ1n) is 23.4. The minimum absolute atomic E-state index is 0.0258. The highest BCUT2D eigenvalue weighted by molar-refractivity contribution is 6.30. The van der Waals surface area contributed by atoms with Crippen LogP contribution in [0.1, 0.15) is 53.9 Å². The lowest BCUT2D eigenvalue weighted by Crippen LogP contribution is -2.51. The van der Waals surface area contributed by atoms with Crippen LogP contribution in [0, 0.1) is 0 Å². The van der Waals surface area contributed by atoms with Crippen molar-refractivity contribution in [2.45, 2.75) is 42.4 Å². The molecular weight excluding hydrogens is 940 g/mol. The van der Waals surface area contributed by atoms with Crippen LogP contribution in [-0.4, -0.2) is 75.5 Å². The van der Waals surface area contributed by atoms with Gasteiger partial charge in [-0.15, -0.1) is 0 Å². The van der Waals surface area contributed by atoms with Crippen molar-refractivity contribution in [1.29, 1.82) is 0 Å². The van der Waals surface area contributed by atoms with E-state index in [0.717, 1.165) is 35.3 Å². The Labute approximate surface area is 417 Å². The lowest BCUT2D eigenvalue weighted by Gasteiger charge is -2.40. The molecule has 16 heteroatoms. The van der Waals surface area contributed by atoms with E-state index in [-0.39, 0.29) is 41.6 Å². The van der Waals surface area contributed by atoms with Crippen LogP contribution in [-0.2, 0) is 25.2 Å².